The van der Waals surface area contributed by atoms with Crippen LogP contribution in [0.3, 0.4) is 0 Å². The third-order valence-corrected chi connectivity index (χ3v) is 5.76. The zero-order chi connectivity index (χ0) is 15.2. The Kier molecular flexibility index (Phi) is 11.6. The molecule has 1 aliphatic carbocycles. The second-order valence-corrected chi connectivity index (χ2v) is 7.60. The minimum absolute atomic E-state index is 0. The molecule has 0 bridgehead atoms. The van der Waals surface area contributed by atoms with Gasteiger partial charge in [0.1, 0.15) is 5.78 Å². The van der Waals surface area contributed by atoms with E-state index in [4.69, 9.17) is 7.85 Å². The fraction of sp³-hybridized carbons (Fsp3) is 0.733. The largest absolute Gasteiger partial charge is 0.386 e. The molecule has 0 aromatic heterocycles. The first-order valence-electron chi connectivity index (χ1n) is 7.10. The van der Waals surface area contributed by atoms with Crippen LogP contribution >= 0.6 is 23.5 Å². The SMILES string of the molecule is [B]C1CC(=O)[C@H](SCCCS[CH2-])[C@H]1C=CC(C)(O)CC.[Y]. The van der Waals surface area contributed by atoms with Crippen molar-refractivity contribution >= 4 is 37.2 Å². The summed E-state index contributed by atoms with van der Waals surface area (Å²) in [6, 6.07) is 0. The first-order chi connectivity index (χ1) is 9.41. The topological polar surface area (TPSA) is 37.3 Å². The quantitative estimate of drug-likeness (QED) is 0.294. The second kappa shape index (κ2) is 10.9. The van der Waals surface area contributed by atoms with Crippen molar-refractivity contribution in [1.82, 2.24) is 0 Å². The number of allylic oxidation sites excluding steroid dienone is 1. The summed E-state index contributed by atoms with van der Waals surface area (Å²) in [5, 5.41) is 9.99. The molecule has 0 saturated heterocycles. The number of hydrogen-bond acceptors (Lipinski definition) is 4. The number of ketones is 1. The van der Waals surface area contributed by atoms with Crippen molar-refractivity contribution in [2.45, 2.75) is 49.8 Å². The molecule has 0 aliphatic heterocycles. The number of carbonyl (C=O) groups excluding carboxylic acids is 1. The minimum Gasteiger partial charge on any atom is -0.386 e. The summed E-state index contributed by atoms with van der Waals surface area (Å²) in [4.78, 5) is 12.0. The first-order valence-corrected chi connectivity index (χ1v) is 9.30. The molecule has 1 aliphatic rings. The molecule has 2 unspecified atom stereocenters. The summed E-state index contributed by atoms with van der Waals surface area (Å²) in [5.74, 6) is 2.14. The van der Waals surface area contributed by atoms with Crippen LogP contribution in [0, 0.1) is 12.2 Å². The summed E-state index contributed by atoms with van der Waals surface area (Å²) in [7, 11) is 6.08. The maximum absolute atomic E-state index is 12.0. The molecule has 6 heteroatoms. The van der Waals surface area contributed by atoms with Gasteiger partial charge in [-0.15, -0.1) is 0 Å². The Labute approximate surface area is 164 Å². The number of hydrogen-bond donors (Lipinski definition) is 1. The molecular weight excluding hydrogens is 376 g/mol. The van der Waals surface area contributed by atoms with Crippen LogP contribution in [0.5, 0.6) is 0 Å². The van der Waals surface area contributed by atoms with Crippen molar-refractivity contribution in [3.8, 4) is 0 Å². The van der Waals surface area contributed by atoms with Crippen molar-refractivity contribution in [2.75, 3.05) is 11.5 Å². The standard InChI is InChI=1S/C15H24BO2S2.Y/c1-4-15(2,18)7-6-11-12(16)10-13(17)14(11)20-9-5-8-19-3;/h6-7,11-12,14,18H,3-5,8-10H2,1-2H3;/q-1;/t11-,12?,14+,15?;/m0./s1. The Hall–Kier alpha value is 1.24. The molecular formula is C15H24BO2S2Y-. The summed E-state index contributed by atoms with van der Waals surface area (Å²) < 4.78 is 0. The third-order valence-electron chi connectivity index (χ3n) is 3.72. The molecule has 0 spiro atoms. The number of carbonyl (C=O) groups is 1. The van der Waals surface area contributed by atoms with E-state index in [9.17, 15) is 9.90 Å². The van der Waals surface area contributed by atoms with Crippen LogP contribution in [0.1, 0.15) is 33.1 Å². The smallest absolute Gasteiger partial charge is 0.145 e. The molecule has 115 valence electrons. The van der Waals surface area contributed by atoms with Gasteiger partial charge in [0.25, 0.3) is 0 Å². The van der Waals surface area contributed by atoms with E-state index in [1.54, 1.807) is 36.5 Å². The maximum atomic E-state index is 12.0. The van der Waals surface area contributed by atoms with Crippen molar-refractivity contribution < 1.29 is 42.6 Å². The van der Waals surface area contributed by atoms with Gasteiger partial charge in [0.05, 0.1) is 18.7 Å². The van der Waals surface area contributed by atoms with Crippen LogP contribution in [0.2, 0.25) is 5.82 Å². The van der Waals surface area contributed by atoms with Crippen molar-refractivity contribution in [1.29, 1.82) is 0 Å². The summed E-state index contributed by atoms with van der Waals surface area (Å²) in [5.41, 5.74) is -0.814. The fourth-order valence-corrected chi connectivity index (χ4v) is 4.07. The van der Waals surface area contributed by atoms with Crippen LogP contribution in [-0.4, -0.2) is 41.1 Å². The van der Waals surface area contributed by atoms with Gasteiger partial charge in [0, 0.05) is 39.1 Å². The van der Waals surface area contributed by atoms with E-state index in [-0.39, 0.29) is 55.5 Å². The molecule has 0 aromatic carbocycles. The van der Waals surface area contributed by atoms with E-state index in [2.05, 4.69) is 6.26 Å². The Morgan fingerprint density at radius 2 is 2.19 bits per heavy atom. The van der Waals surface area contributed by atoms with Crippen LogP contribution in [0.4, 0.5) is 0 Å². The van der Waals surface area contributed by atoms with E-state index < -0.39 is 5.60 Å². The van der Waals surface area contributed by atoms with Crippen LogP contribution in [-0.2, 0) is 37.5 Å². The number of thioether (sulfide) groups is 2. The van der Waals surface area contributed by atoms with Gasteiger partial charge >= 0.3 is 0 Å². The number of aliphatic hydroxyl groups is 1. The van der Waals surface area contributed by atoms with Gasteiger partial charge in [-0.05, 0) is 37.2 Å². The Bertz CT molecular complexity index is 351. The van der Waals surface area contributed by atoms with Gasteiger partial charge in [-0.25, -0.2) is 0 Å². The summed E-state index contributed by atoms with van der Waals surface area (Å²) in [6.45, 7) is 3.71. The van der Waals surface area contributed by atoms with Crippen molar-refractivity contribution in [3.63, 3.8) is 0 Å². The molecule has 1 fully saturated rings. The van der Waals surface area contributed by atoms with Gasteiger partial charge in [0.2, 0.25) is 0 Å². The van der Waals surface area contributed by atoms with Crippen molar-refractivity contribution in [2.24, 2.45) is 5.92 Å². The predicted molar refractivity (Wildman–Crippen MR) is 91.4 cm³/mol. The number of rotatable bonds is 8. The Morgan fingerprint density at radius 1 is 1.52 bits per heavy atom. The van der Waals surface area contributed by atoms with Gasteiger partial charge in [0.15, 0.2) is 0 Å². The molecule has 1 saturated carbocycles. The molecule has 1 rings (SSSR count). The molecule has 21 heavy (non-hydrogen) atoms. The zero-order valence-electron chi connectivity index (χ0n) is 13.0. The average Bonchev–Trinajstić information content (AvgIpc) is 2.67. The molecule has 2 nitrogen and oxygen atoms in total. The molecule has 0 heterocycles. The van der Waals surface area contributed by atoms with E-state index in [1.807, 2.05) is 13.0 Å². The van der Waals surface area contributed by atoms with Crippen LogP contribution < -0.4 is 0 Å². The average molecular weight is 400 g/mol. The van der Waals surface area contributed by atoms with Gasteiger partial charge < -0.3 is 16.9 Å². The fourth-order valence-electron chi connectivity index (χ4n) is 2.18. The summed E-state index contributed by atoms with van der Waals surface area (Å²) >= 11 is 3.28. The predicted octanol–water partition coefficient (Wildman–Crippen LogP) is 3.26. The van der Waals surface area contributed by atoms with Gasteiger partial charge in [-0.2, -0.15) is 11.8 Å². The second-order valence-electron chi connectivity index (χ2n) is 5.53. The minimum atomic E-state index is -0.814. The maximum Gasteiger partial charge on any atom is 0.145 e. The molecule has 0 aromatic rings. The van der Waals surface area contributed by atoms with E-state index in [0.29, 0.717) is 12.8 Å². The van der Waals surface area contributed by atoms with Crippen LogP contribution in [0.15, 0.2) is 12.2 Å². The Morgan fingerprint density at radius 3 is 2.76 bits per heavy atom. The molecule has 1 N–H and O–H groups in total. The van der Waals surface area contributed by atoms with E-state index in [1.165, 1.54) is 0 Å². The van der Waals surface area contributed by atoms with Crippen molar-refractivity contribution in [3.05, 3.63) is 18.4 Å². The molecule has 0 amide bonds. The van der Waals surface area contributed by atoms with Gasteiger partial charge in [-0.3, -0.25) is 11.1 Å². The normalized spacial score (nSPS) is 28.6. The Balaban J connectivity index is 0.00000400. The van der Waals surface area contributed by atoms with Crippen LogP contribution in [0.25, 0.3) is 0 Å². The van der Waals surface area contributed by atoms with Gasteiger partial charge in [-0.1, -0.05) is 24.9 Å². The first kappa shape index (κ1) is 22.2. The zero-order valence-corrected chi connectivity index (χ0v) is 17.4. The summed E-state index contributed by atoms with van der Waals surface area (Å²) in [6.07, 6.45) is 9.65. The molecule has 4 atom stereocenters. The number of Topliss-reactive ketones (excluding diaryl/α,β-unsaturated/α-hetero) is 1. The van der Waals surface area contributed by atoms with E-state index >= 15 is 0 Å². The monoisotopic (exact) mass is 400 g/mol. The van der Waals surface area contributed by atoms with E-state index in [0.717, 1.165) is 17.9 Å². The molecule has 3 radical (unpaired) electrons. The third kappa shape index (κ3) is 7.56.